The van der Waals surface area contributed by atoms with E-state index in [4.69, 9.17) is 16.3 Å². The maximum absolute atomic E-state index is 12.5. The average Bonchev–Trinajstić information content (AvgIpc) is 2.40. The molecule has 1 N–H and O–H groups in total. The first-order valence-electron chi connectivity index (χ1n) is 6.33. The first-order valence-corrected chi connectivity index (χ1v) is 6.71. The molecule has 0 aromatic heterocycles. The summed E-state index contributed by atoms with van der Waals surface area (Å²) >= 11 is 6.19. The monoisotopic (exact) mass is 283 g/mol. The van der Waals surface area contributed by atoms with Crippen LogP contribution in [0.2, 0.25) is 5.02 Å². The number of rotatable bonds is 2. The molecule has 0 saturated carbocycles. The second-order valence-corrected chi connectivity index (χ2v) is 5.28. The zero-order valence-electron chi connectivity index (χ0n) is 11.1. The Morgan fingerprint density at radius 2 is 2.26 bits per heavy atom. The highest BCUT2D eigenvalue weighted by molar-refractivity contribution is 6.34. The smallest absolute Gasteiger partial charge is 0.255 e. The van der Waals surface area contributed by atoms with Crippen LogP contribution in [0.5, 0.6) is 0 Å². The lowest BCUT2D eigenvalue weighted by Crippen LogP contribution is -2.50. The molecule has 104 valence electrons. The van der Waals surface area contributed by atoms with E-state index in [1.165, 1.54) is 0 Å². The van der Waals surface area contributed by atoms with Crippen molar-refractivity contribution in [2.75, 3.05) is 19.7 Å². The Hall–Kier alpha value is -1.10. The Morgan fingerprint density at radius 1 is 1.53 bits per heavy atom. The van der Waals surface area contributed by atoms with Crippen LogP contribution in [-0.2, 0) is 4.74 Å². The summed E-state index contributed by atoms with van der Waals surface area (Å²) < 4.78 is 5.53. The van der Waals surface area contributed by atoms with Crippen molar-refractivity contribution in [2.24, 2.45) is 0 Å². The van der Waals surface area contributed by atoms with Crippen molar-refractivity contribution < 1.29 is 14.6 Å². The van der Waals surface area contributed by atoms with Gasteiger partial charge in [-0.05, 0) is 25.5 Å². The van der Waals surface area contributed by atoms with Crippen LogP contribution in [0.4, 0.5) is 0 Å². The molecule has 1 amide bonds. The predicted octanol–water partition coefficient (Wildman–Crippen LogP) is 1.87. The molecule has 5 heteroatoms. The number of aliphatic hydroxyl groups is 1. The molecule has 1 fully saturated rings. The second kappa shape index (κ2) is 5.90. The van der Waals surface area contributed by atoms with E-state index in [1.807, 2.05) is 26.0 Å². The second-order valence-electron chi connectivity index (χ2n) is 4.90. The van der Waals surface area contributed by atoms with Gasteiger partial charge in [0.2, 0.25) is 0 Å². The van der Waals surface area contributed by atoms with Gasteiger partial charge in [-0.15, -0.1) is 0 Å². The number of morpholine rings is 1. The minimum atomic E-state index is -0.323. The molecule has 1 aliphatic rings. The summed E-state index contributed by atoms with van der Waals surface area (Å²) in [7, 11) is 0. The first-order chi connectivity index (χ1) is 9.02. The normalized spacial score (nSPS) is 23.5. The maximum Gasteiger partial charge on any atom is 0.255 e. The molecule has 0 spiro atoms. The van der Waals surface area contributed by atoms with E-state index in [0.717, 1.165) is 5.56 Å². The Bertz CT molecular complexity index is 478. The highest BCUT2D eigenvalue weighted by atomic mass is 35.5. The predicted molar refractivity (Wildman–Crippen MR) is 73.5 cm³/mol. The van der Waals surface area contributed by atoms with Crippen molar-refractivity contribution in [3.63, 3.8) is 0 Å². The van der Waals surface area contributed by atoms with E-state index in [2.05, 4.69) is 0 Å². The Balaban J connectivity index is 2.21. The van der Waals surface area contributed by atoms with Gasteiger partial charge in [-0.3, -0.25) is 4.79 Å². The minimum absolute atomic E-state index is 0.0848. The number of amides is 1. The number of nitrogens with zero attached hydrogens (tertiary/aromatic N) is 1. The SMILES string of the molecule is Cc1cccc(C(=O)N2CC(C)OC(CO)C2)c1Cl. The Kier molecular flexibility index (Phi) is 4.45. The maximum atomic E-state index is 12.5. The fourth-order valence-corrected chi connectivity index (χ4v) is 2.50. The third-order valence-electron chi connectivity index (χ3n) is 3.24. The number of halogens is 1. The fraction of sp³-hybridized carbons (Fsp3) is 0.500. The number of aryl methyl sites for hydroxylation is 1. The summed E-state index contributed by atoms with van der Waals surface area (Å²) in [6.07, 6.45) is -0.408. The summed E-state index contributed by atoms with van der Waals surface area (Å²) in [6, 6.07) is 5.42. The quantitative estimate of drug-likeness (QED) is 0.901. The van der Waals surface area contributed by atoms with Gasteiger partial charge in [0.05, 0.1) is 29.4 Å². The number of hydrogen-bond acceptors (Lipinski definition) is 3. The molecule has 1 aromatic rings. The average molecular weight is 284 g/mol. The molecule has 0 bridgehead atoms. The van der Waals surface area contributed by atoms with Gasteiger partial charge >= 0.3 is 0 Å². The van der Waals surface area contributed by atoms with Gasteiger partial charge in [-0.25, -0.2) is 0 Å². The number of ether oxygens (including phenoxy) is 1. The summed E-state index contributed by atoms with van der Waals surface area (Å²) in [5, 5.41) is 9.68. The molecule has 19 heavy (non-hydrogen) atoms. The van der Waals surface area contributed by atoms with E-state index >= 15 is 0 Å². The topological polar surface area (TPSA) is 49.8 Å². The zero-order chi connectivity index (χ0) is 14.0. The molecule has 1 aliphatic heterocycles. The summed E-state index contributed by atoms with van der Waals surface area (Å²) in [6.45, 7) is 4.58. The van der Waals surface area contributed by atoms with Gasteiger partial charge in [0.25, 0.3) is 5.91 Å². The molecular formula is C14H18ClNO3. The molecule has 2 unspecified atom stereocenters. The van der Waals surface area contributed by atoms with Crippen LogP contribution in [0.3, 0.4) is 0 Å². The molecule has 4 nitrogen and oxygen atoms in total. The zero-order valence-corrected chi connectivity index (χ0v) is 11.9. The fourth-order valence-electron chi connectivity index (χ4n) is 2.29. The van der Waals surface area contributed by atoms with Crippen LogP contribution < -0.4 is 0 Å². The highest BCUT2D eigenvalue weighted by Gasteiger charge is 2.29. The summed E-state index contributed by atoms with van der Waals surface area (Å²) in [5.74, 6) is -0.109. The lowest BCUT2D eigenvalue weighted by Gasteiger charge is -2.36. The number of aliphatic hydroxyl groups excluding tert-OH is 1. The van der Waals surface area contributed by atoms with E-state index in [1.54, 1.807) is 11.0 Å². The van der Waals surface area contributed by atoms with Crippen LogP contribution in [0.25, 0.3) is 0 Å². The lowest BCUT2D eigenvalue weighted by atomic mass is 10.1. The van der Waals surface area contributed by atoms with Crippen molar-refractivity contribution in [1.29, 1.82) is 0 Å². The number of hydrogen-bond donors (Lipinski definition) is 1. The van der Waals surface area contributed by atoms with Crippen molar-refractivity contribution in [2.45, 2.75) is 26.1 Å². The van der Waals surface area contributed by atoms with Crippen LogP contribution in [0.15, 0.2) is 18.2 Å². The third-order valence-corrected chi connectivity index (χ3v) is 3.74. The van der Waals surface area contributed by atoms with Crippen molar-refractivity contribution in [1.82, 2.24) is 4.90 Å². The van der Waals surface area contributed by atoms with Crippen LogP contribution >= 0.6 is 11.6 Å². The van der Waals surface area contributed by atoms with Crippen LogP contribution in [-0.4, -0.2) is 47.8 Å². The van der Waals surface area contributed by atoms with Gasteiger partial charge in [0, 0.05) is 13.1 Å². The van der Waals surface area contributed by atoms with Gasteiger partial charge in [0.15, 0.2) is 0 Å². The molecule has 0 radical (unpaired) electrons. The van der Waals surface area contributed by atoms with Gasteiger partial charge in [-0.2, -0.15) is 0 Å². The van der Waals surface area contributed by atoms with E-state index in [0.29, 0.717) is 23.7 Å². The molecular weight excluding hydrogens is 266 g/mol. The molecule has 1 heterocycles. The molecule has 2 rings (SSSR count). The van der Waals surface area contributed by atoms with Crippen LogP contribution in [0.1, 0.15) is 22.8 Å². The number of benzene rings is 1. The highest BCUT2D eigenvalue weighted by Crippen LogP contribution is 2.23. The van der Waals surface area contributed by atoms with Gasteiger partial charge in [0.1, 0.15) is 0 Å². The minimum Gasteiger partial charge on any atom is -0.394 e. The van der Waals surface area contributed by atoms with Crippen molar-refractivity contribution in [3.05, 3.63) is 34.3 Å². The molecule has 0 aliphatic carbocycles. The first kappa shape index (κ1) is 14.3. The molecule has 2 atom stereocenters. The molecule has 1 saturated heterocycles. The molecule has 1 aromatic carbocycles. The largest absolute Gasteiger partial charge is 0.394 e. The number of carbonyl (C=O) groups is 1. The number of carbonyl (C=O) groups excluding carboxylic acids is 1. The third kappa shape index (κ3) is 3.08. The van der Waals surface area contributed by atoms with Crippen molar-refractivity contribution >= 4 is 17.5 Å². The Morgan fingerprint density at radius 3 is 2.95 bits per heavy atom. The summed E-state index contributed by atoms with van der Waals surface area (Å²) in [5.41, 5.74) is 1.39. The standard InChI is InChI=1S/C14H18ClNO3/c1-9-4-3-5-12(13(9)15)14(18)16-6-10(2)19-11(7-16)8-17/h3-5,10-11,17H,6-8H2,1-2H3. The van der Waals surface area contributed by atoms with E-state index < -0.39 is 0 Å². The summed E-state index contributed by atoms with van der Waals surface area (Å²) in [4.78, 5) is 14.2. The van der Waals surface area contributed by atoms with Gasteiger partial charge < -0.3 is 14.7 Å². The van der Waals surface area contributed by atoms with Crippen molar-refractivity contribution in [3.8, 4) is 0 Å². The Labute approximate surface area is 117 Å². The lowest BCUT2D eigenvalue weighted by molar-refractivity contribution is -0.0858. The van der Waals surface area contributed by atoms with Crippen LogP contribution in [0, 0.1) is 6.92 Å². The van der Waals surface area contributed by atoms with Gasteiger partial charge in [-0.1, -0.05) is 23.7 Å². The van der Waals surface area contributed by atoms with E-state index in [-0.39, 0.29) is 24.7 Å². The van der Waals surface area contributed by atoms with E-state index in [9.17, 15) is 9.90 Å².